The summed E-state index contributed by atoms with van der Waals surface area (Å²) in [5.41, 5.74) is 3.94. The predicted molar refractivity (Wildman–Crippen MR) is 78.4 cm³/mol. The number of halogens is 1. The Hall–Kier alpha value is -1.35. The van der Waals surface area contributed by atoms with E-state index in [1.165, 1.54) is 29.7 Å². The highest BCUT2D eigenvalue weighted by Crippen LogP contribution is 2.34. The highest BCUT2D eigenvalue weighted by atomic mass is 79.9. The lowest BCUT2D eigenvalue weighted by Crippen LogP contribution is -2.25. The topological polar surface area (TPSA) is 16.1 Å². The summed E-state index contributed by atoms with van der Waals surface area (Å²) in [7, 11) is 0. The quantitative estimate of drug-likeness (QED) is 0.783. The van der Waals surface area contributed by atoms with Crippen LogP contribution >= 0.6 is 15.9 Å². The highest BCUT2D eigenvalue weighted by molar-refractivity contribution is 9.10. The Labute approximate surface area is 116 Å². The third-order valence-corrected chi connectivity index (χ3v) is 3.82. The van der Waals surface area contributed by atoms with Crippen LogP contribution in [0.15, 0.2) is 41.0 Å². The maximum atomic E-state index is 4.58. The Morgan fingerprint density at radius 2 is 2.11 bits per heavy atom. The van der Waals surface area contributed by atoms with Crippen molar-refractivity contribution in [3.8, 4) is 0 Å². The highest BCUT2D eigenvalue weighted by Gasteiger charge is 2.19. The van der Waals surface area contributed by atoms with Gasteiger partial charge in [0, 0.05) is 22.9 Å². The molecule has 0 bridgehead atoms. The van der Waals surface area contributed by atoms with Crippen LogP contribution in [0, 0.1) is 6.92 Å². The zero-order valence-corrected chi connectivity index (χ0v) is 11.9. The summed E-state index contributed by atoms with van der Waals surface area (Å²) in [5, 5.41) is 0. The van der Waals surface area contributed by atoms with Gasteiger partial charge >= 0.3 is 0 Å². The third-order valence-electron chi connectivity index (χ3n) is 3.38. The van der Waals surface area contributed by atoms with E-state index in [2.05, 4.69) is 63.1 Å². The molecular weight excluding hydrogens is 288 g/mol. The first kappa shape index (κ1) is 11.7. The molecule has 0 N–H and O–H groups in total. The van der Waals surface area contributed by atoms with Crippen LogP contribution in [0.25, 0.3) is 0 Å². The van der Waals surface area contributed by atoms with E-state index in [0.717, 1.165) is 16.8 Å². The van der Waals surface area contributed by atoms with Crippen molar-refractivity contribution in [1.82, 2.24) is 4.98 Å². The van der Waals surface area contributed by atoms with Gasteiger partial charge in [-0.05, 0) is 59.0 Å². The Bertz CT molecular complexity index is 580. The van der Waals surface area contributed by atoms with Crippen LogP contribution in [0.4, 0.5) is 11.5 Å². The minimum Gasteiger partial charge on any atom is -0.326 e. The summed E-state index contributed by atoms with van der Waals surface area (Å²) in [6, 6.07) is 10.8. The Morgan fingerprint density at radius 1 is 1.28 bits per heavy atom. The number of anilines is 2. The zero-order valence-electron chi connectivity index (χ0n) is 10.4. The summed E-state index contributed by atoms with van der Waals surface area (Å²) in [5.74, 6) is 1.07. The summed E-state index contributed by atoms with van der Waals surface area (Å²) in [4.78, 5) is 6.91. The van der Waals surface area contributed by atoms with Crippen molar-refractivity contribution < 1.29 is 0 Å². The fourth-order valence-corrected chi connectivity index (χ4v) is 3.02. The molecule has 18 heavy (non-hydrogen) atoms. The normalized spacial score (nSPS) is 14.4. The molecular formula is C15H15BrN2. The van der Waals surface area contributed by atoms with Gasteiger partial charge in [-0.25, -0.2) is 4.98 Å². The van der Waals surface area contributed by atoms with E-state index in [1.54, 1.807) is 0 Å². The van der Waals surface area contributed by atoms with Crippen molar-refractivity contribution in [1.29, 1.82) is 0 Å². The average molecular weight is 303 g/mol. The molecule has 0 fully saturated rings. The van der Waals surface area contributed by atoms with Crippen molar-refractivity contribution in [2.75, 3.05) is 11.4 Å². The predicted octanol–water partition coefficient (Wildman–Crippen LogP) is 4.24. The monoisotopic (exact) mass is 302 g/mol. The number of pyridine rings is 1. The number of aromatic nitrogens is 1. The van der Waals surface area contributed by atoms with Gasteiger partial charge in [0.05, 0.1) is 0 Å². The molecule has 0 atom stereocenters. The molecule has 2 nitrogen and oxygen atoms in total. The second kappa shape index (κ2) is 4.73. The van der Waals surface area contributed by atoms with E-state index in [1.807, 2.05) is 6.20 Å². The number of aryl methyl sites for hydroxylation is 2. The molecule has 0 saturated carbocycles. The summed E-state index contributed by atoms with van der Waals surface area (Å²) in [6.07, 6.45) is 4.23. The van der Waals surface area contributed by atoms with Crippen molar-refractivity contribution in [2.24, 2.45) is 0 Å². The summed E-state index contributed by atoms with van der Waals surface area (Å²) >= 11 is 3.47. The maximum Gasteiger partial charge on any atom is 0.135 e. The molecule has 0 amide bonds. The lowest BCUT2D eigenvalue weighted by atomic mass is 10.0. The van der Waals surface area contributed by atoms with Crippen molar-refractivity contribution >= 4 is 27.4 Å². The van der Waals surface area contributed by atoms with Gasteiger partial charge in [-0.1, -0.05) is 18.2 Å². The van der Waals surface area contributed by atoms with Gasteiger partial charge in [-0.15, -0.1) is 0 Å². The van der Waals surface area contributed by atoms with Gasteiger partial charge in [0.15, 0.2) is 0 Å². The van der Waals surface area contributed by atoms with E-state index < -0.39 is 0 Å². The molecule has 0 unspecified atom stereocenters. The second-order valence-corrected chi connectivity index (χ2v) is 5.59. The molecule has 1 aliphatic heterocycles. The maximum absolute atomic E-state index is 4.58. The zero-order chi connectivity index (χ0) is 12.5. The van der Waals surface area contributed by atoms with Crippen LogP contribution < -0.4 is 4.90 Å². The molecule has 1 aromatic heterocycles. The van der Waals surface area contributed by atoms with Gasteiger partial charge < -0.3 is 4.90 Å². The number of hydrogen-bond donors (Lipinski definition) is 0. The number of nitrogens with zero attached hydrogens (tertiary/aromatic N) is 2. The van der Waals surface area contributed by atoms with Crippen molar-refractivity contribution in [3.63, 3.8) is 0 Å². The van der Waals surface area contributed by atoms with Crippen molar-refractivity contribution in [3.05, 3.63) is 52.1 Å². The first-order valence-electron chi connectivity index (χ1n) is 6.23. The largest absolute Gasteiger partial charge is 0.326 e. The minimum atomic E-state index is 1.04. The smallest absolute Gasteiger partial charge is 0.135 e. The number of hydrogen-bond acceptors (Lipinski definition) is 2. The van der Waals surface area contributed by atoms with Gasteiger partial charge in [-0.3, -0.25) is 0 Å². The molecule has 0 aliphatic carbocycles. The van der Waals surface area contributed by atoms with Crippen LogP contribution in [-0.4, -0.2) is 11.5 Å². The molecule has 1 aliphatic rings. The summed E-state index contributed by atoms with van der Waals surface area (Å²) in [6.45, 7) is 3.16. The number of benzene rings is 1. The Kier molecular flexibility index (Phi) is 3.08. The lowest BCUT2D eigenvalue weighted by Gasteiger charge is -2.31. The van der Waals surface area contributed by atoms with E-state index in [9.17, 15) is 0 Å². The van der Waals surface area contributed by atoms with Crippen LogP contribution in [-0.2, 0) is 6.42 Å². The molecule has 2 aromatic rings. The van der Waals surface area contributed by atoms with Crippen molar-refractivity contribution in [2.45, 2.75) is 19.8 Å². The van der Waals surface area contributed by atoms with Crippen LogP contribution in [0.1, 0.15) is 17.5 Å². The molecule has 0 spiro atoms. The Morgan fingerprint density at radius 3 is 2.94 bits per heavy atom. The number of para-hydroxylation sites is 1. The van der Waals surface area contributed by atoms with E-state index in [0.29, 0.717) is 0 Å². The first-order valence-corrected chi connectivity index (χ1v) is 7.02. The van der Waals surface area contributed by atoms with Gasteiger partial charge in [0.25, 0.3) is 0 Å². The molecule has 1 aromatic carbocycles. The van der Waals surface area contributed by atoms with E-state index in [4.69, 9.17) is 0 Å². The average Bonchev–Trinajstić information content (AvgIpc) is 2.38. The SMILES string of the molecule is Cc1cc(Br)cnc1N1CCCc2ccccc21. The first-order chi connectivity index (χ1) is 8.75. The lowest BCUT2D eigenvalue weighted by molar-refractivity contribution is 0.757. The van der Waals surface area contributed by atoms with E-state index >= 15 is 0 Å². The fraction of sp³-hybridized carbons (Fsp3) is 0.267. The van der Waals surface area contributed by atoms with Crippen LogP contribution in [0.3, 0.4) is 0 Å². The van der Waals surface area contributed by atoms with Gasteiger partial charge in [0.1, 0.15) is 5.82 Å². The van der Waals surface area contributed by atoms with Crippen LogP contribution in [0.2, 0.25) is 0 Å². The third kappa shape index (κ3) is 2.03. The molecule has 2 heterocycles. The van der Waals surface area contributed by atoms with E-state index in [-0.39, 0.29) is 0 Å². The second-order valence-electron chi connectivity index (χ2n) is 4.68. The molecule has 3 rings (SSSR count). The number of rotatable bonds is 1. The Balaban J connectivity index is 2.08. The molecule has 0 radical (unpaired) electrons. The molecule has 3 heteroatoms. The molecule has 0 saturated heterocycles. The van der Waals surface area contributed by atoms with Crippen LogP contribution in [0.5, 0.6) is 0 Å². The summed E-state index contributed by atoms with van der Waals surface area (Å²) < 4.78 is 1.04. The number of fused-ring (bicyclic) bond motifs is 1. The standard InChI is InChI=1S/C15H15BrN2/c1-11-9-13(16)10-17-15(11)18-8-4-6-12-5-2-3-7-14(12)18/h2-3,5,7,9-10H,4,6,8H2,1H3. The van der Waals surface area contributed by atoms with Gasteiger partial charge in [-0.2, -0.15) is 0 Å². The fourth-order valence-electron chi connectivity index (χ4n) is 2.57. The van der Waals surface area contributed by atoms with Gasteiger partial charge in [0.2, 0.25) is 0 Å². The molecule has 92 valence electrons. The minimum absolute atomic E-state index is 1.04.